The van der Waals surface area contributed by atoms with Gasteiger partial charge in [-0.05, 0) is 24.3 Å². The van der Waals surface area contributed by atoms with Crippen molar-refractivity contribution < 1.29 is 18.0 Å². The zero-order chi connectivity index (χ0) is 16.8. The zero-order valence-electron chi connectivity index (χ0n) is 11.9. The summed E-state index contributed by atoms with van der Waals surface area (Å²) in [6.07, 6.45) is -4.58. The van der Waals surface area contributed by atoms with Gasteiger partial charge in [-0.3, -0.25) is 4.79 Å². The van der Waals surface area contributed by atoms with Gasteiger partial charge in [0.1, 0.15) is 5.71 Å². The van der Waals surface area contributed by atoms with Crippen LogP contribution in [0.15, 0.2) is 47.5 Å². The lowest BCUT2D eigenvalue weighted by atomic mass is 10.1. The number of likely N-dealkylation sites (N-methyl/N-ethyl adjacent to an activating group) is 1. The molecule has 0 radical (unpaired) electrons. The molecule has 0 spiro atoms. The van der Waals surface area contributed by atoms with Crippen molar-refractivity contribution in [2.75, 3.05) is 11.9 Å². The van der Waals surface area contributed by atoms with Crippen molar-refractivity contribution in [3.05, 3.63) is 58.6 Å². The van der Waals surface area contributed by atoms with E-state index in [0.29, 0.717) is 11.3 Å². The van der Waals surface area contributed by atoms with Crippen molar-refractivity contribution in [3.63, 3.8) is 0 Å². The number of alkyl halides is 3. The number of benzene rings is 2. The van der Waals surface area contributed by atoms with Crippen molar-refractivity contribution in [1.82, 2.24) is 0 Å². The summed E-state index contributed by atoms with van der Waals surface area (Å²) < 4.78 is 38.7. The predicted octanol–water partition coefficient (Wildman–Crippen LogP) is 4.46. The molecule has 7 heteroatoms. The zero-order valence-corrected chi connectivity index (χ0v) is 12.6. The standard InChI is InChI=1S/C16H10ClF3N2O/c1-22-13-5-3-2-4-10(13)14(15(22)23)21-9-6-7-12(17)11(8-9)16(18,19)20/h2-8H,1H3. The lowest BCUT2D eigenvalue weighted by molar-refractivity contribution is -0.137. The molecule has 3 rings (SSSR count). The minimum Gasteiger partial charge on any atom is -0.309 e. The molecule has 0 aromatic heterocycles. The van der Waals surface area contributed by atoms with Gasteiger partial charge in [-0.1, -0.05) is 29.8 Å². The van der Waals surface area contributed by atoms with Crippen LogP contribution < -0.4 is 4.90 Å². The number of nitrogens with zero attached hydrogens (tertiary/aromatic N) is 2. The maximum absolute atomic E-state index is 12.9. The topological polar surface area (TPSA) is 32.7 Å². The van der Waals surface area contributed by atoms with Gasteiger partial charge in [-0.2, -0.15) is 13.2 Å². The molecule has 0 saturated carbocycles. The summed E-state index contributed by atoms with van der Waals surface area (Å²) in [6, 6.07) is 10.3. The summed E-state index contributed by atoms with van der Waals surface area (Å²) in [5.41, 5.74) is 0.409. The van der Waals surface area contributed by atoms with Gasteiger partial charge in [0, 0.05) is 12.6 Å². The average Bonchev–Trinajstić information content (AvgIpc) is 2.73. The maximum atomic E-state index is 12.9. The number of hydrogen-bond acceptors (Lipinski definition) is 2. The van der Waals surface area contributed by atoms with E-state index >= 15 is 0 Å². The number of para-hydroxylation sites is 1. The molecule has 1 aliphatic heterocycles. The van der Waals surface area contributed by atoms with E-state index in [1.807, 2.05) is 0 Å². The highest BCUT2D eigenvalue weighted by Crippen LogP contribution is 2.37. The summed E-state index contributed by atoms with van der Waals surface area (Å²) in [5.74, 6) is -0.366. The average molecular weight is 339 g/mol. The Morgan fingerprint density at radius 2 is 1.83 bits per heavy atom. The molecule has 0 saturated heterocycles. The van der Waals surface area contributed by atoms with E-state index in [-0.39, 0.29) is 17.3 Å². The highest BCUT2D eigenvalue weighted by atomic mass is 35.5. The van der Waals surface area contributed by atoms with Gasteiger partial charge >= 0.3 is 6.18 Å². The van der Waals surface area contributed by atoms with Crippen LogP contribution in [-0.4, -0.2) is 18.7 Å². The first-order chi connectivity index (χ1) is 10.8. The molecule has 0 N–H and O–H groups in total. The second-order valence-corrected chi connectivity index (χ2v) is 5.41. The van der Waals surface area contributed by atoms with Gasteiger partial charge in [0.05, 0.1) is 22.0 Å². The van der Waals surface area contributed by atoms with Crippen LogP contribution in [0.4, 0.5) is 24.5 Å². The third-order valence-corrected chi connectivity index (χ3v) is 3.85. The van der Waals surface area contributed by atoms with E-state index in [4.69, 9.17) is 11.6 Å². The van der Waals surface area contributed by atoms with E-state index in [1.54, 1.807) is 31.3 Å². The third kappa shape index (κ3) is 2.70. The Balaban J connectivity index is 2.11. The second-order valence-electron chi connectivity index (χ2n) is 5.00. The van der Waals surface area contributed by atoms with Crippen molar-refractivity contribution in [2.45, 2.75) is 6.18 Å². The van der Waals surface area contributed by atoms with E-state index in [9.17, 15) is 18.0 Å². The fraction of sp³-hybridized carbons (Fsp3) is 0.125. The van der Waals surface area contributed by atoms with Crippen LogP contribution >= 0.6 is 11.6 Å². The number of carbonyl (C=O) groups is 1. The molecular weight excluding hydrogens is 329 g/mol. The van der Waals surface area contributed by atoms with Gasteiger partial charge in [0.25, 0.3) is 5.91 Å². The minimum absolute atomic E-state index is 0.0233. The van der Waals surface area contributed by atoms with E-state index < -0.39 is 16.8 Å². The summed E-state index contributed by atoms with van der Waals surface area (Å²) >= 11 is 5.59. The number of amides is 1. The fourth-order valence-electron chi connectivity index (χ4n) is 2.39. The largest absolute Gasteiger partial charge is 0.417 e. The van der Waals surface area contributed by atoms with E-state index in [1.165, 1.54) is 11.0 Å². The number of rotatable bonds is 1. The number of fused-ring (bicyclic) bond motifs is 1. The normalized spacial score (nSPS) is 16.1. The van der Waals surface area contributed by atoms with Crippen LogP contribution in [0.25, 0.3) is 0 Å². The Kier molecular flexibility index (Phi) is 3.64. The SMILES string of the molecule is CN1C(=O)C(=Nc2ccc(Cl)c(C(F)(F)F)c2)c2ccccc21. The Morgan fingerprint density at radius 1 is 1.13 bits per heavy atom. The van der Waals surface area contributed by atoms with Gasteiger partial charge < -0.3 is 4.90 Å². The molecule has 23 heavy (non-hydrogen) atoms. The highest BCUT2D eigenvalue weighted by Gasteiger charge is 2.34. The summed E-state index contributed by atoms with van der Waals surface area (Å²) in [7, 11) is 1.59. The molecule has 0 bridgehead atoms. The highest BCUT2D eigenvalue weighted by molar-refractivity contribution is 6.54. The van der Waals surface area contributed by atoms with Crippen LogP contribution in [0, 0.1) is 0 Å². The first-order valence-corrected chi connectivity index (χ1v) is 7.00. The summed E-state index contributed by atoms with van der Waals surface area (Å²) in [6.45, 7) is 0. The predicted molar refractivity (Wildman–Crippen MR) is 82.5 cm³/mol. The lowest BCUT2D eigenvalue weighted by Gasteiger charge is -2.09. The first kappa shape index (κ1) is 15.6. The minimum atomic E-state index is -4.58. The van der Waals surface area contributed by atoms with Gasteiger partial charge in [0.15, 0.2) is 0 Å². The number of aliphatic imine (C=N–C) groups is 1. The molecule has 0 unspecified atom stereocenters. The second kappa shape index (κ2) is 5.38. The molecule has 0 aliphatic carbocycles. The summed E-state index contributed by atoms with van der Waals surface area (Å²) in [5, 5.41) is -0.406. The number of hydrogen-bond donors (Lipinski definition) is 0. The smallest absolute Gasteiger partial charge is 0.309 e. The lowest BCUT2D eigenvalue weighted by Crippen LogP contribution is -2.25. The molecule has 1 aliphatic rings. The van der Waals surface area contributed by atoms with Crippen LogP contribution in [0.2, 0.25) is 5.02 Å². The molecule has 3 nitrogen and oxygen atoms in total. The third-order valence-electron chi connectivity index (χ3n) is 3.52. The quantitative estimate of drug-likeness (QED) is 0.755. The first-order valence-electron chi connectivity index (χ1n) is 6.62. The van der Waals surface area contributed by atoms with Crippen LogP contribution in [0.3, 0.4) is 0 Å². The number of carbonyl (C=O) groups excluding carboxylic acids is 1. The molecule has 1 heterocycles. The van der Waals surface area contributed by atoms with Crippen LogP contribution in [0.5, 0.6) is 0 Å². The van der Waals surface area contributed by atoms with Crippen LogP contribution in [-0.2, 0) is 11.0 Å². The van der Waals surface area contributed by atoms with Gasteiger partial charge in [0.2, 0.25) is 0 Å². The maximum Gasteiger partial charge on any atom is 0.417 e. The monoisotopic (exact) mass is 338 g/mol. The van der Waals surface area contributed by atoms with Crippen molar-refractivity contribution in [2.24, 2.45) is 4.99 Å². The fourth-order valence-corrected chi connectivity index (χ4v) is 2.61. The molecular formula is C16H10ClF3N2O. The molecule has 2 aromatic rings. The molecule has 0 atom stereocenters. The Morgan fingerprint density at radius 3 is 2.52 bits per heavy atom. The molecule has 118 valence electrons. The number of halogens is 4. The number of anilines is 1. The molecule has 0 fully saturated rings. The Labute approximate surface area is 135 Å². The Bertz CT molecular complexity index is 830. The van der Waals surface area contributed by atoms with Crippen molar-refractivity contribution in [3.8, 4) is 0 Å². The van der Waals surface area contributed by atoms with Crippen LogP contribution in [0.1, 0.15) is 11.1 Å². The van der Waals surface area contributed by atoms with E-state index in [0.717, 1.165) is 12.1 Å². The molecule has 1 amide bonds. The Hall–Kier alpha value is -2.34. The van der Waals surface area contributed by atoms with Gasteiger partial charge in [-0.15, -0.1) is 0 Å². The van der Waals surface area contributed by atoms with Crippen molar-refractivity contribution >= 4 is 34.6 Å². The van der Waals surface area contributed by atoms with E-state index in [2.05, 4.69) is 4.99 Å². The summed E-state index contributed by atoms with van der Waals surface area (Å²) in [4.78, 5) is 17.8. The van der Waals surface area contributed by atoms with Crippen molar-refractivity contribution in [1.29, 1.82) is 0 Å². The molecule has 2 aromatic carbocycles. The van der Waals surface area contributed by atoms with Gasteiger partial charge in [-0.25, -0.2) is 4.99 Å².